The van der Waals surface area contributed by atoms with E-state index in [1.807, 2.05) is 23.1 Å². The highest BCUT2D eigenvalue weighted by molar-refractivity contribution is 6.30. The molecule has 0 unspecified atom stereocenters. The fourth-order valence-corrected chi connectivity index (χ4v) is 4.75. The van der Waals surface area contributed by atoms with Crippen LogP contribution in [0.15, 0.2) is 49.1 Å². The van der Waals surface area contributed by atoms with E-state index in [2.05, 4.69) is 26.4 Å². The summed E-state index contributed by atoms with van der Waals surface area (Å²) in [6.45, 7) is 1.26. The lowest BCUT2D eigenvalue weighted by molar-refractivity contribution is -0.108. The molecule has 170 valence electrons. The Morgan fingerprint density at radius 3 is 2.79 bits per heavy atom. The highest BCUT2D eigenvalue weighted by Crippen LogP contribution is 2.37. The van der Waals surface area contributed by atoms with E-state index < -0.39 is 0 Å². The molecule has 1 amide bonds. The van der Waals surface area contributed by atoms with Crippen molar-refractivity contribution in [2.75, 3.05) is 11.4 Å². The summed E-state index contributed by atoms with van der Waals surface area (Å²) in [5, 5.41) is 8.14. The molecule has 1 N–H and O–H groups in total. The summed E-state index contributed by atoms with van der Waals surface area (Å²) < 4.78 is 1.70. The summed E-state index contributed by atoms with van der Waals surface area (Å²) >= 11 is 6.08. The zero-order valence-corrected chi connectivity index (χ0v) is 18.9. The monoisotopic (exact) mass is 464 g/mol. The van der Waals surface area contributed by atoms with Crippen molar-refractivity contribution in [1.82, 2.24) is 25.1 Å². The molecule has 0 bridgehead atoms. The minimum Gasteiger partial charge on any atom is -0.349 e. The van der Waals surface area contributed by atoms with Crippen molar-refractivity contribution in [3.05, 3.63) is 70.8 Å². The molecule has 33 heavy (non-hydrogen) atoms. The minimum atomic E-state index is -0.139. The molecule has 2 aromatic heterocycles. The Bertz CT molecular complexity index is 1140. The number of halogens is 1. The number of anilines is 1. The van der Waals surface area contributed by atoms with Gasteiger partial charge in [0.15, 0.2) is 0 Å². The van der Waals surface area contributed by atoms with E-state index in [4.69, 9.17) is 11.6 Å². The number of hydrogen-bond donors (Lipinski definition) is 1. The maximum absolute atomic E-state index is 12.6. The van der Waals surface area contributed by atoms with Gasteiger partial charge in [-0.2, -0.15) is 5.10 Å². The first-order valence-corrected chi connectivity index (χ1v) is 11.6. The van der Waals surface area contributed by atoms with Crippen molar-refractivity contribution in [2.24, 2.45) is 0 Å². The summed E-state index contributed by atoms with van der Waals surface area (Å²) in [5.74, 6) is 0.892. The third-order valence-corrected chi connectivity index (χ3v) is 6.67. The zero-order chi connectivity index (χ0) is 22.8. The topological polar surface area (TPSA) is 93.0 Å². The average Bonchev–Trinajstić information content (AvgIpc) is 3.46. The zero-order valence-electron chi connectivity index (χ0n) is 18.1. The molecule has 1 saturated carbocycles. The van der Waals surface area contributed by atoms with Gasteiger partial charge in [-0.25, -0.2) is 9.97 Å². The summed E-state index contributed by atoms with van der Waals surface area (Å²) in [6, 6.07) is 7.94. The third kappa shape index (κ3) is 4.75. The van der Waals surface area contributed by atoms with E-state index in [-0.39, 0.29) is 18.0 Å². The van der Waals surface area contributed by atoms with Gasteiger partial charge in [0.05, 0.1) is 24.3 Å². The molecule has 2 aliphatic rings. The van der Waals surface area contributed by atoms with Gasteiger partial charge in [-0.05, 0) is 49.3 Å². The first kappa shape index (κ1) is 21.6. The van der Waals surface area contributed by atoms with Crippen LogP contribution in [-0.2, 0) is 11.3 Å². The molecule has 1 atom stereocenters. The van der Waals surface area contributed by atoms with Gasteiger partial charge in [-0.3, -0.25) is 9.48 Å². The largest absolute Gasteiger partial charge is 0.349 e. The Balaban J connectivity index is 1.14. The lowest BCUT2D eigenvalue weighted by Crippen LogP contribution is -2.43. The minimum absolute atomic E-state index is 0.115. The molecule has 5 rings (SSSR count). The number of amides is 1. The third-order valence-electron chi connectivity index (χ3n) is 6.44. The molecule has 0 radical (unpaired) electrons. The Morgan fingerprint density at radius 2 is 2.03 bits per heavy atom. The van der Waals surface area contributed by atoms with Crippen molar-refractivity contribution in [3.8, 4) is 0 Å². The fraction of sp³-hybridized carbons (Fsp3) is 0.375. The quantitative estimate of drug-likeness (QED) is 0.540. The maximum atomic E-state index is 12.6. The Hall–Kier alpha value is -3.26. The van der Waals surface area contributed by atoms with Crippen LogP contribution in [0.5, 0.6) is 0 Å². The smallest absolute Gasteiger partial charge is 0.254 e. The molecule has 9 heteroatoms. The number of aromatic nitrogens is 4. The molecule has 3 aromatic rings. The first-order valence-electron chi connectivity index (χ1n) is 11.2. The SMILES string of the molecule is O=C[C@@H]1CCCN1c1ncc(Cn2cc(C(=O)NC3CC(c4cccc(Cl)c4)C3)cn2)cn1. The highest BCUT2D eigenvalue weighted by atomic mass is 35.5. The van der Waals surface area contributed by atoms with Crippen LogP contribution >= 0.6 is 11.6 Å². The van der Waals surface area contributed by atoms with Crippen molar-refractivity contribution in [1.29, 1.82) is 0 Å². The molecule has 3 heterocycles. The molecule has 0 spiro atoms. The Labute approximate surface area is 197 Å². The number of nitrogens with one attached hydrogen (secondary N) is 1. The van der Waals surface area contributed by atoms with Crippen LogP contribution in [0.25, 0.3) is 0 Å². The van der Waals surface area contributed by atoms with Gasteiger partial charge in [0.1, 0.15) is 6.29 Å². The number of benzene rings is 1. The molecule has 1 saturated heterocycles. The summed E-state index contributed by atoms with van der Waals surface area (Å²) in [6.07, 6.45) is 11.4. The van der Waals surface area contributed by atoms with Gasteiger partial charge in [0.25, 0.3) is 5.91 Å². The number of hydrogen-bond acceptors (Lipinski definition) is 6. The Kier molecular flexibility index (Phi) is 6.09. The van der Waals surface area contributed by atoms with Gasteiger partial charge in [0, 0.05) is 41.8 Å². The lowest BCUT2D eigenvalue weighted by atomic mass is 9.76. The number of nitrogens with zero attached hydrogens (tertiary/aromatic N) is 5. The molecular formula is C24H25ClN6O2. The lowest BCUT2D eigenvalue weighted by Gasteiger charge is -2.36. The second-order valence-corrected chi connectivity index (χ2v) is 9.19. The standard InChI is InChI=1S/C24H25ClN6O2/c25-20-4-1-3-17(7-20)18-8-21(9-18)29-23(33)19-12-28-30(14-19)13-16-10-26-24(27-11-16)31-6-2-5-22(31)15-32/h1,3-4,7,10-12,14-15,18,21-22H,2,5-6,8-9,13H2,(H,29,33)/t18?,21?,22-/m0/s1. The van der Waals surface area contributed by atoms with Gasteiger partial charge < -0.3 is 15.0 Å². The summed E-state index contributed by atoms with van der Waals surface area (Å²) in [4.78, 5) is 34.6. The second-order valence-electron chi connectivity index (χ2n) is 8.75. The van der Waals surface area contributed by atoms with E-state index in [0.717, 1.165) is 49.1 Å². The van der Waals surface area contributed by atoms with Crippen LogP contribution in [0.2, 0.25) is 5.02 Å². The number of aldehydes is 1. The van der Waals surface area contributed by atoms with E-state index in [9.17, 15) is 9.59 Å². The normalized spacial score (nSPS) is 22.1. The summed E-state index contributed by atoms with van der Waals surface area (Å²) in [5.41, 5.74) is 2.63. The fourth-order valence-electron chi connectivity index (χ4n) is 4.55. The highest BCUT2D eigenvalue weighted by Gasteiger charge is 2.32. The van der Waals surface area contributed by atoms with E-state index in [0.29, 0.717) is 24.0 Å². The van der Waals surface area contributed by atoms with Gasteiger partial charge in [0.2, 0.25) is 5.95 Å². The van der Waals surface area contributed by atoms with Gasteiger partial charge >= 0.3 is 0 Å². The van der Waals surface area contributed by atoms with Crippen LogP contribution in [-0.4, -0.2) is 50.6 Å². The molecule has 1 aliphatic carbocycles. The van der Waals surface area contributed by atoms with Crippen LogP contribution < -0.4 is 10.2 Å². The van der Waals surface area contributed by atoms with Gasteiger partial charge in [-0.15, -0.1) is 0 Å². The van der Waals surface area contributed by atoms with E-state index in [1.165, 1.54) is 5.56 Å². The first-order chi connectivity index (χ1) is 16.1. The van der Waals surface area contributed by atoms with E-state index in [1.54, 1.807) is 29.5 Å². The van der Waals surface area contributed by atoms with Crippen LogP contribution in [0.4, 0.5) is 5.95 Å². The number of carbonyl (C=O) groups is 2. The average molecular weight is 465 g/mol. The number of rotatable bonds is 7. The molecule has 1 aliphatic heterocycles. The van der Waals surface area contributed by atoms with Crippen molar-refractivity contribution >= 4 is 29.7 Å². The van der Waals surface area contributed by atoms with E-state index >= 15 is 0 Å². The Morgan fingerprint density at radius 1 is 1.21 bits per heavy atom. The van der Waals surface area contributed by atoms with Crippen LogP contribution in [0, 0.1) is 0 Å². The molecule has 8 nitrogen and oxygen atoms in total. The summed E-state index contributed by atoms with van der Waals surface area (Å²) in [7, 11) is 0. The van der Waals surface area contributed by atoms with Crippen molar-refractivity contribution in [3.63, 3.8) is 0 Å². The second kappa shape index (κ2) is 9.31. The predicted octanol–water partition coefficient (Wildman–Crippen LogP) is 3.22. The maximum Gasteiger partial charge on any atom is 0.254 e. The molecule has 2 fully saturated rings. The van der Waals surface area contributed by atoms with Gasteiger partial charge in [-0.1, -0.05) is 23.7 Å². The number of carbonyl (C=O) groups excluding carboxylic acids is 2. The van der Waals surface area contributed by atoms with Crippen molar-refractivity contribution < 1.29 is 9.59 Å². The van der Waals surface area contributed by atoms with Crippen molar-refractivity contribution in [2.45, 2.75) is 50.2 Å². The molecular weight excluding hydrogens is 440 g/mol. The molecule has 1 aromatic carbocycles. The van der Waals surface area contributed by atoms with Crippen LogP contribution in [0.3, 0.4) is 0 Å². The predicted molar refractivity (Wildman–Crippen MR) is 124 cm³/mol. The van der Waals surface area contributed by atoms with Crippen LogP contribution in [0.1, 0.15) is 53.1 Å².